The number of benzene rings is 1. The van der Waals surface area contributed by atoms with Crippen molar-refractivity contribution in [3.05, 3.63) is 28.5 Å². The second-order valence-electron chi connectivity index (χ2n) is 3.71. The minimum atomic E-state index is -0.342. The van der Waals surface area contributed by atoms with Crippen molar-refractivity contribution in [3.8, 4) is 0 Å². The van der Waals surface area contributed by atoms with E-state index in [4.69, 9.17) is 0 Å². The average molecular weight is 289 g/mol. The Labute approximate surface area is 103 Å². The van der Waals surface area contributed by atoms with Crippen molar-refractivity contribution in [1.82, 2.24) is 5.32 Å². The lowest BCUT2D eigenvalue weighted by molar-refractivity contribution is -0.115. The normalized spacial score (nSPS) is 10.6. The van der Waals surface area contributed by atoms with E-state index in [2.05, 4.69) is 26.6 Å². The van der Waals surface area contributed by atoms with Gasteiger partial charge in [0.1, 0.15) is 5.82 Å². The van der Waals surface area contributed by atoms with E-state index in [0.717, 1.165) is 0 Å². The fourth-order valence-corrected chi connectivity index (χ4v) is 1.53. The summed E-state index contributed by atoms with van der Waals surface area (Å²) in [6.45, 7) is 4.16. The largest absolute Gasteiger partial charge is 0.324 e. The van der Waals surface area contributed by atoms with Gasteiger partial charge in [0.05, 0.1) is 12.2 Å². The molecule has 0 fully saturated rings. The molecule has 0 saturated carbocycles. The zero-order valence-corrected chi connectivity index (χ0v) is 10.8. The number of carbonyl (C=O) groups excluding carboxylic acids is 1. The van der Waals surface area contributed by atoms with E-state index in [1.807, 2.05) is 13.8 Å². The predicted molar refractivity (Wildman–Crippen MR) is 65.9 cm³/mol. The molecular formula is C11H14BrFN2O. The van der Waals surface area contributed by atoms with Gasteiger partial charge in [-0.25, -0.2) is 4.39 Å². The lowest BCUT2D eigenvalue weighted by Crippen LogP contribution is -2.32. The molecule has 0 aliphatic heterocycles. The molecule has 3 nitrogen and oxygen atoms in total. The van der Waals surface area contributed by atoms with Gasteiger partial charge in [0, 0.05) is 10.5 Å². The van der Waals surface area contributed by atoms with Crippen molar-refractivity contribution in [2.45, 2.75) is 19.9 Å². The molecule has 5 heteroatoms. The van der Waals surface area contributed by atoms with Crippen molar-refractivity contribution >= 4 is 27.5 Å². The Bertz CT molecular complexity index is 382. The van der Waals surface area contributed by atoms with Crippen LogP contribution in [0.2, 0.25) is 0 Å². The minimum absolute atomic E-state index is 0.152. The van der Waals surface area contributed by atoms with Crippen LogP contribution in [0.15, 0.2) is 22.7 Å². The molecule has 2 N–H and O–H groups in total. The summed E-state index contributed by atoms with van der Waals surface area (Å²) in [6.07, 6.45) is 0. The molecule has 16 heavy (non-hydrogen) atoms. The molecular weight excluding hydrogens is 275 g/mol. The molecule has 0 aliphatic carbocycles. The molecule has 1 aromatic carbocycles. The molecule has 0 unspecified atom stereocenters. The first kappa shape index (κ1) is 13.1. The van der Waals surface area contributed by atoms with Gasteiger partial charge in [0.2, 0.25) is 5.91 Å². The van der Waals surface area contributed by atoms with Crippen LogP contribution in [0.3, 0.4) is 0 Å². The Kier molecular flexibility index (Phi) is 4.89. The zero-order valence-electron chi connectivity index (χ0n) is 9.18. The van der Waals surface area contributed by atoms with Gasteiger partial charge in [-0.15, -0.1) is 0 Å². The van der Waals surface area contributed by atoms with Crippen LogP contribution in [0, 0.1) is 5.82 Å². The van der Waals surface area contributed by atoms with E-state index in [1.54, 1.807) is 0 Å². The summed E-state index contributed by atoms with van der Waals surface area (Å²) in [5.74, 6) is -0.494. The van der Waals surface area contributed by atoms with E-state index in [0.29, 0.717) is 10.2 Å². The van der Waals surface area contributed by atoms with Crippen molar-refractivity contribution in [2.24, 2.45) is 0 Å². The van der Waals surface area contributed by atoms with Crippen molar-refractivity contribution in [2.75, 3.05) is 11.9 Å². The predicted octanol–water partition coefficient (Wildman–Crippen LogP) is 2.52. The Morgan fingerprint density at radius 1 is 1.50 bits per heavy atom. The third kappa shape index (κ3) is 4.28. The molecule has 1 amide bonds. The molecule has 0 saturated heterocycles. The van der Waals surface area contributed by atoms with Gasteiger partial charge in [-0.05, 0) is 34.1 Å². The molecule has 88 valence electrons. The van der Waals surface area contributed by atoms with Gasteiger partial charge in [0.25, 0.3) is 0 Å². The van der Waals surface area contributed by atoms with E-state index < -0.39 is 0 Å². The summed E-state index contributed by atoms with van der Waals surface area (Å²) in [5.41, 5.74) is 0.567. The lowest BCUT2D eigenvalue weighted by Gasteiger charge is -2.10. The van der Waals surface area contributed by atoms with Crippen molar-refractivity contribution < 1.29 is 9.18 Å². The van der Waals surface area contributed by atoms with Crippen LogP contribution in [0.25, 0.3) is 0 Å². The number of hydrogen-bond donors (Lipinski definition) is 2. The van der Waals surface area contributed by atoms with E-state index in [1.165, 1.54) is 18.2 Å². The van der Waals surface area contributed by atoms with Gasteiger partial charge in [-0.2, -0.15) is 0 Å². The number of halogens is 2. The number of carbonyl (C=O) groups is 1. The number of amides is 1. The molecule has 0 spiro atoms. The molecule has 0 heterocycles. The highest BCUT2D eigenvalue weighted by molar-refractivity contribution is 9.10. The van der Waals surface area contributed by atoms with E-state index in [9.17, 15) is 9.18 Å². The Balaban J connectivity index is 2.56. The Morgan fingerprint density at radius 2 is 2.19 bits per heavy atom. The highest BCUT2D eigenvalue weighted by atomic mass is 79.9. The van der Waals surface area contributed by atoms with Gasteiger partial charge in [0.15, 0.2) is 0 Å². The monoisotopic (exact) mass is 288 g/mol. The van der Waals surface area contributed by atoms with Crippen LogP contribution in [0.5, 0.6) is 0 Å². The highest BCUT2D eigenvalue weighted by Gasteiger charge is 2.06. The van der Waals surface area contributed by atoms with Crippen LogP contribution >= 0.6 is 15.9 Å². The van der Waals surface area contributed by atoms with Crippen LogP contribution < -0.4 is 10.6 Å². The third-order valence-electron chi connectivity index (χ3n) is 1.88. The second kappa shape index (κ2) is 5.96. The molecule has 0 aromatic heterocycles. The first-order valence-corrected chi connectivity index (χ1v) is 5.76. The smallest absolute Gasteiger partial charge is 0.238 e. The number of rotatable bonds is 4. The Hall–Kier alpha value is -0.940. The maximum atomic E-state index is 12.8. The lowest BCUT2D eigenvalue weighted by atomic mass is 10.3. The van der Waals surface area contributed by atoms with Gasteiger partial charge in [-0.1, -0.05) is 13.8 Å². The molecule has 0 bridgehead atoms. The third-order valence-corrected chi connectivity index (χ3v) is 2.53. The van der Waals surface area contributed by atoms with Crippen LogP contribution in [0.1, 0.15) is 13.8 Å². The summed E-state index contributed by atoms with van der Waals surface area (Å²) in [5, 5.41) is 5.67. The van der Waals surface area contributed by atoms with Crippen LogP contribution in [-0.2, 0) is 4.79 Å². The molecule has 0 atom stereocenters. The number of nitrogens with one attached hydrogen (secondary N) is 2. The van der Waals surface area contributed by atoms with Gasteiger partial charge < -0.3 is 10.6 Å². The fraction of sp³-hybridized carbons (Fsp3) is 0.364. The van der Waals surface area contributed by atoms with Crippen LogP contribution in [0.4, 0.5) is 10.1 Å². The fourth-order valence-electron chi connectivity index (χ4n) is 1.08. The summed E-state index contributed by atoms with van der Waals surface area (Å²) in [4.78, 5) is 11.5. The van der Waals surface area contributed by atoms with Crippen molar-refractivity contribution in [3.63, 3.8) is 0 Å². The standard InChI is InChI=1S/C11H14BrFN2O/c1-7(2)14-6-11(16)15-10-4-3-8(13)5-9(10)12/h3-5,7,14H,6H2,1-2H3,(H,15,16). The quantitative estimate of drug-likeness (QED) is 0.894. The summed E-state index contributed by atoms with van der Waals surface area (Å²) >= 11 is 3.18. The highest BCUT2D eigenvalue weighted by Crippen LogP contribution is 2.22. The van der Waals surface area contributed by atoms with Gasteiger partial charge >= 0.3 is 0 Å². The number of anilines is 1. The molecule has 0 aliphatic rings. The molecule has 1 aromatic rings. The minimum Gasteiger partial charge on any atom is -0.324 e. The summed E-state index contributed by atoms with van der Waals surface area (Å²) < 4.78 is 13.3. The molecule has 1 rings (SSSR count). The van der Waals surface area contributed by atoms with Crippen molar-refractivity contribution in [1.29, 1.82) is 0 Å². The first-order valence-electron chi connectivity index (χ1n) is 4.97. The average Bonchev–Trinajstić information content (AvgIpc) is 2.19. The zero-order chi connectivity index (χ0) is 12.1. The van der Waals surface area contributed by atoms with E-state index >= 15 is 0 Å². The van der Waals surface area contributed by atoms with E-state index in [-0.39, 0.29) is 24.3 Å². The second-order valence-corrected chi connectivity index (χ2v) is 4.56. The van der Waals surface area contributed by atoms with Gasteiger partial charge in [-0.3, -0.25) is 4.79 Å². The maximum Gasteiger partial charge on any atom is 0.238 e. The number of hydrogen-bond acceptors (Lipinski definition) is 2. The molecule has 0 radical (unpaired) electrons. The Morgan fingerprint density at radius 3 is 2.75 bits per heavy atom. The first-order chi connectivity index (χ1) is 7.49. The van der Waals surface area contributed by atoms with Crippen LogP contribution in [-0.4, -0.2) is 18.5 Å². The SMILES string of the molecule is CC(C)NCC(=O)Nc1ccc(F)cc1Br. The maximum absolute atomic E-state index is 12.8. The summed E-state index contributed by atoms with van der Waals surface area (Å²) in [6, 6.07) is 4.39. The topological polar surface area (TPSA) is 41.1 Å². The summed E-state index contributed by atoms with van der Waals surface area (Å²) in [7, 11) is 0.